The summed E-state index contributed by atoms with van der Waals surface area (Å²) in [5.74, 6) is 0.272. The lowest BCUT2D eigenvalue weighted by atomic mass is 10.1. The third kappa shape index (κ3) is 3.67. The standard InChI is InChI=1S/C21H21NO2.C2H6/c1-2-24-21(23)18-12-17(18)19-14-22(13-15-8-4-3-5-9-15)20-11-7-6-10-16(19)20;1-2/h3-11,14,17-18H,2,12-13H2,1H3;1-2H3. The van der Waals surface area contributed by atoms with Crippen LogP contribution in [0.2, 0.25) is 0 Å². The Labute approximate surface area is 155 Å². The lowest BCUT2D eigenvalue weighted by Gasteiger charge is -2.05. The van der Waals surface area contributed by atoms with Gasteiger partial charge in [-0.2, -0.15) is 0 Å². The molecule has 3 aromatic rings. The Kier molecular flexibility index (Phi) is 5.77. The molecule has 0 N–H and O–H groups in total. The predicted molar refractivity (Wildman–Crippen MR) is 106 cm³/mol. The molecule has 1 fully saturated rings. The summed E-state index contributed by atoms with van der Waals surface area (Å²) >= 11 is 0. The quantitative estimate of drug-likeness (QED) is 0.579. The fourth-order valence-corrected chi connectivity index (χ4v) is 3.53. The summed E-state index contributed by atoms with van der Waals surface area (Å²) in [5, 5.41) is 1.25. The third-order valence-electron chi connectivity index (χ3n) is 4.79. The molecule has 3 heteroatoms. The van der Waals surface area contributed by atoms with E-state index in [1.165, 1.54) is 22.0 Å². The van der Waals surface area contributed by atoms with Gasteiger partial charge in [-0.05, 0) is 30.5 Å². The largest absolute Gasteiger partial charge is 0.466 e. The monoisotopic (exact) mass is 349 g/mol. The van der Waals surface area contributed by atoms with Crippen molar-refractivity contribution in [2.24, 2.45) is 5.92 Å². The summed E-state index contributed by atoms with van der Waals surface area (Å²) in [6.07, 6.45) is 3.12. The first-order valence-corrected chi connectivity index (χ1v) is 9.56. The highest BCUT2D eigenvalue weighted by atomic mass is 16.5. The zero-order valence-electron chi connectivity index (χ0n) is 15.8. The van der Waals surface area contributed by atoms with E-state index in [1.807, 2.05) is 26.8 Å². The van der Waals surface area contributed by atoms with Crippen LogP contribution in [0.25, 0.3) is 10.9 Å². The summed E-state index contributed by atoms with van der Waals surface area (Å²) in [6, 6.07) is 18.9. The van der Waals surface area contributed by atoms with Crippen LogP contribution in [0.4, 0.5) is 0 Å². The van der Waals surface area contributed by atoms with E-state index in [9.17, 15) is 4.79 Å². The fourth-order valence-electron chi connectivity index (χ4n) is 3.53. The molecule has 0 aliphatic heterocycles. The third-order valence-corrected chi connectivity index (χ3v) is 4.79. The van der Waals surface area contributed by atoms with Gasteiger partial charge in [0.2, 0.25) is 0 Å². The molecule has 1 aromatic heterocycles. The molecule has 26 heavy (non-hydrogen) atoms. The molecule has 136 valence electrons. The van der Waals surface area contributed by atoms with Crippen LogP contribution in [0.5, 0.6) is 0 Å². The number of carbonyl (C=O) groups is 1. The smallest absolute Gasteiger partial charge is 0.309 e. The van der Waals surface area contributed by atoms with Gasteiger partial charge in [0.05, 0.1) is 12.5 Å². The van der Waals surface area contributed by atoms with Crippen molar-refractivity contribution in [3.63, 3.8) is 0 Å². The SMILES string of the molecule is CC.CCOC(=O)C1CC1c1cn(Cc2ccccc2)c2ccccc12. The van der Waals surface area contributed by atoms with E-state index in [-0.39, 0.29) is 11.9 Å². The normalized spacial score (nSPS) is 18.1. The van der Waals surface area contributed by atoms with Crippen molar-refractivity contribution >= 4 is 16.9 Å². The average Bonchev–Trinajstić information content (AvgIpc) is 3.41. The van der Waals surface area contributed by atoms with Crippen LogP contribution >= 0.6 is 0 Å². The lowest BCUT2D eigenvalue weighted by Crippen LogP contribution is -2.07. The lowest BCUT2D eigenvalue weighted by molar-refractivity contribution is -0.144. The van der Waals surface area contributed by atoms with Crippen molar-refractivity contribution in [2.75, 3.05) is 6.61 Å². The molecule has 1 heterocycles. The van der Waals surface area contributed by atoms with Gasteiger partial charge in [0.1, 0.15) is 0 Å². The molecule has 2 atom stereocenters. The minimum atomic E-state index is -0.0533. The summed E-state index contributed by atoms with van der Waals surface area (Å²) in [5.41, 5.74) is 3.79. The zero-order chi connectivity index (χ0) is 18.5. The average molecular weight is 349 g/mol. The van der Waals surface area contributed by atoms with Gasteiger partial charge >= 0.3 is 5.97 Å². The minimum Gasteiger partial charge on any atom is -0.466 e. The van der Waals surface area contributed by atoms with E-state index in [0.717, 1.165) is 13.0 Å². The zero-order valence-corrected chi connectivity index (χ0v) is 15.8. The van der Waals surface area contributed by atoms with Gasteiger partial charge in [0, 0.05) is 29.6 Å². The molecule has 0 amide bonds. The Morgan fingerprint density at radius 2 is 1.77 bits per heavy atom. The van der Waals surface area contributed by atoms with Crippen molar-refractivity contribution in [2.45, 2.75) is 39.7 Å². The van der Waals surface area contributed by atoms with Crippen LogP contribution in [-0.2, 0) is 16.1 Å². The Morgan fingerprint density at radius 1 is 1.08 bits per heavy atom. The van der Waals surface area contributed by atoms with E-state index in [1.54, 1.807) is 0 Å². The molecule has 0 saturated heterocycles. The van der Waals surface area contributed by atoms with Crippen LogP contribution < -0.4 is 0 Å². The van der Waals surface area contributed by atoms with Crippen LogP contribution in [0.15, 0.2) is 60.8 Å². The van der Waals surface area contributed by atoms with Gasteiger partial charge in [0.15, 0.2) is 0 Å². The molecular weight excluding hydrogens is 322 g/mol. The fraction of sp³-hybridized carbons (Fsp3) is 0.348. The number of rotatable bonds is 5. The van der Waals surface area contributed by atoms with Crippen molar-refractivity contribution in [3.8, 4) is 0 Å². The second kappa shape index (κ2) is 8.22. The molecule has 0 radical (unpaired) electrons. The maximum atomic E-state index is 12.0. The van der Waals surface area contributed by atoms with E-state index < -0.39 is 0 Å². The molecule has 2 unspecified atom stereocenters. The van der Waals surface area contributed by atoms with Crippen molar-refractivity contribution in [1.82, 2.24) is 4.57 Å². The number of fused-ring (bicyclic) bond motifs is 1. The molecule has 4 rings (SSSR count). The van der Waals surface area contributed by atoms with E-state index in [4.69, 9.17) is 4.74 Å². The van der Waals surface area contributed by atoms with Gasteiger partial charge < -0.3 is 9.30 Å². The van der Waals surface area contributed by atoms with Gasteiger partial charge in [-0.15, -0.1) is 0 Å². The summed E-state index contributed by atoms with van der Waals surface area (Å²) in [4.78, 5) is 12.0. The van der Waals surface area contributed by atoms with Crippen LogP contribution in [0.1, 0.15) is 44.2 Å². The molecular formula is C23H27NO2. The molecule has 0 bridgehead atoms. The van der Waals surface area contributed by atoms with Crippen molar-refractivity contribution in [1.29, 1.82) is 0 Å². The first kappa shape index (κ1) is 18.2. The summed E-state index contributed by atoms with van der Waals surface area (Å²) in [6.45, 7) is 7.16. The first-order valence-electron chi connectivity index (χ1n) is 9.56. The van der Waals surface area contributed by atoms with Gasteiger partial charge in [-0.1, -0.05) is 62.4 Å². The number of ether oxygens (including phenoxy) is 1. The predicted octanol–water partition coefficient (Wildman–Crippen LogP) is 5.38. The van der Waals surface area contributed by atoms with Crippen molar-refractivity contribution in [3.05, 3.63) is 71.9 Å². The van der Waals surface area contributed by atoms with E-state index >= 15 is 0 Å². The summed E-state index contributed by atoms with van der Waals surface area (Å²) in [7, 11) is 0. The molecule has 3 nitrogen and oxygen atoms in total. The number of nitrogens with zero attached hydrogens (tertiary/aromatic N) is 1. The van der Waals surface area contributed by atoms with Gasteiger partial charge in [0.25, 0.3) is 0 Å². The highest BCUT2D eigenvalue weighted by Crippen LogP contribution is 2.50. The minimum absolute atomic E-state index is 0.0286. The maximum absolute atomic E-state index is 12.0. The highest BCUT2D eigenvalue weighted by molar-refractivity contribution is 5.87. The Morgan fingerprint density at radius 3 is 2.50 bits per heavy atom. The summed E-state index contributed by atoms with van der Waals surface area (Å²) < 4.78 is 7.48. The van der Waals surface area contributed by atoms with E-state index in [0.29, 0.717) is 12.5 Å². The Hall–Kier alpha value is -2.55. The number of aromatic nitrogens is 1. The number of benzene rings is 2. The number of hydrogen-bond donors (Lipinski definition) is 0. The molecule has 1 aliphatic rings. The molecule has 2 aromatic carbocycles. The molecule has 0 spiro atoms. The highest BCUT2D eigenvalue weighted by Gasteiger charge is 2.46. The van der Waals surface area contributed by atoms with Crippen LogP contribution in [0, 0.1) is 5.92 Å². The van der Waals surface area contributed by atoms with E-state index in [2.05, 4.69) is 59.3 Å². The van der Waals surface area contributed by atoms with Crippen LogP contribution in [-0.4, -0.2) is 17.1 Å². The van der Waals surface area contributed by atoms with Gasteiger partial charge in [-0.3, -0.25) is 4.79 Å². The first-order chi connectivity index (χ1) is 12.8. The van der Waals surface area contributed by atoms with Gasteiger partial charge in [-0.25, -0.2) is 0 Å². The number of para-hydroxylation sites is 1. The topological polar surface area (TPSA) is 31.2 Å². The Bertz CT molecular complexity index is 866. The van der Waals surface area contributed by atoms with Crippen LogP contribution in [0.3, 0.4) is 0 Å². The maximum Gasteiger partial charge on any atom is 0.309 e. The molecule has 1 aliphatic carbocycles. The number of esters is 1. The molecule has 1 saturated carbocycles. The number of hydrogen-bond acceptors (Lipinski definition) is 2. The van der Waals surface area contributed by atoms with Crippen molar-refractivity contribution < 1.29 is 9.53 Å². The number of carbonyl (C=O) groups excluding carboxylic acids is 1. The second-order valence-electron chi connectivity index (χ2n) is 6.42. The Balaban J connectivity index is 0.000000948. The second-order valence-corrected chi connectivity index (χ2v) is 6.42.